The molecule has 0 aromatic heterocycles. The van der Waals surface area contributed by atoms with E-state index in [0.29, 0.717) is 17.7 Å². The van der Waals surface area contributed by atoms with E-state index in [1.54, 1.807) is 13.8 Å². The predicted molar refractivity (Wildman–Crippen MR) is 70.9 cm³/mol. The standard InChI is InChI=1S/C14H16F2N2O2/c1-3-14(4-2)7-10(19)18(13(14)20)12-9(17)6-5-8(15)11(12)16/h5-6H,3-4,7,17H2,1-2H3. The fourth-order valence-corrected chi connectivity index (χ4v) is 2.61. The molecule has 2 N–H and O–H groups in total. The quantitative estimate of drug-likeness (QED) is 0.684. The zero-order valence-electron chi connectivity index (χ0n) is 11.4. The van der Waals surface area contributed by atoms with Crippen LogP contribution in [0.2, 0.25) is 0 Å². The molecular formula is C14H16F2N2O2. The van der Waals surface area contributed by atoms with Crippen LogP contribution in [0.15, 0.2) is 12.1 Å². The Kier molecular flexibility index (Phi) is 3.50. The first-order valence-corrected chi connectivity index (χ1v) is 6.48. The number of hydrogen-bond acceptors (Lipinski definition) is 3. The Hall–Kier alpha value is -1.98. The van der Waals surface area contributed by atoms with Crippen LogP contribution in [0.25, 0.3) is 0 Å². The molecule has 0 atom stereocenters. The van der Waals surface area contributed by atoms with E-state index in [4.69, 9.17) is 5.73 Å². The molecule has 0 unspecified atom stereocenters. The summed E-state index contributed by atoms with van der Waals surface area (Å²) in [5, 5.41) is 0. The highest BCUT2D eigenvalue weighted by Gasteiger charge is 2.50. The Morgan fingerprint density at radius 2 is 1.85 bits per heavy atom. The number of hydrogen-bond donors (Lipinski definition) is 1. The van der Waals surface area contributed by atoms with Gasteiger partial charge < -0.3 is 5.73 Å². The molecule has 2 amide bonds. The Labute approximate surface area is 115 Å². The van der Waals surface area contributed by atoms with Gasteiger partial charge in [-0.05, 0) is 25.0 Å². The van der Waals surface area contributed by atoms with Gasteiger partial charge in [0.15, 0.2) is 11.6 Å². The summed E-state index contributed by atoms with van der Waals surface area (Å²) in [6.07, 6.45) is 0.914. The third-order valence-corrected chi connectivity index (χ3v) is 4.07. The highest BCUT2D eigenvalue weighted by molar-refractivity contribution is 6.23. The van der Waals surface area contributed by atoms with E-state index in [9.17, 15) is 18.4 Å². The lowest BCUT2D eigenvalue weighted by molar-refractivity contribution is -0.126. The monoisotopic (exact) mass is 282 g/mol. The van der Waals surface area contributed by atoms with Gasteiger partial charge in [0, 0.05) is 6.42 Å². The molecule has 108 valence electrons. The molecule has 1 saturated heterocycles. The first kappa shape index (κ1) is 14.4. The molecule has 0 radical (unpaired) electrons. The molecule has 20 heavy (non-hydrogen) atoms. The zero-order chi connectivity index (χ0) is 15.1. The predicted octanol–water partition coefficient (Wildman–Crippen LogP) is 2.62. The van der Waals surface area contributed by atoms with Crippen molar-refractivity contribution in [2.24, 2.45) is 5.41 Å². The van der Waals surface area contributed by atoms with E-state index in [-0.39, 0.29) is 12.1 Å². The fourth-order valence-electron chi connectivity index (χ4n) is 2.61. The number of imide groups is 1. The van der Waals surface area contributed by atoms with Crippen LogP contribution in [0, 0.1) is 17.0 Å². The molecule has 0 aliphatic carbocycles. The number of anilines is 2. The van der Waals surface area contributed by atoms with Crippen LogP contribution in [0.1, 0.15) is 33.1 Å². The average molecular weight is 282 g/mol. The second-order valence-electron chi connectivity index (χ2n) is 5.00. The number of nitrogens with two attached hydrogens (primary N) is 1. The molecule has 0 saturated carbocycles. The van der Waals surface area contributed by atoms with Gasteiger partial charge in [0.1, 0.15) is 5.69 Å². The Morgan fingerprint density at radius 3 is 2.35 bits per heavy atom. The molecule has 0 bridgehead atoms. The summed E-state index contributed by atoms with van der Waals surface area (Å²) in [6, 6.07) is 2.01. The van der Waals surface area contributed by atoms with E-state index < -0.39 is 34.6 Å². The van der Waals surface area contributed by atoms with Gasteiger partial charge in [0.05, 0.1) is 11.1 Å². The summed E-state index contributed by atoms with van der Waals surface area (Å²) in [5.74, 6) is -3.46. The minimum absolute atomic E-state index is 0.00573. The largest absolute Gasteiger partial charge is 0.397 e. The summed E-state index contributed by atoms with van der Waals surface area (Å²) in [6.45, 7) is 3.59. The van der Waals surface area contributed by atoms with Gasteiger partial charge in [-0.3, -0.25) is 9.59 Å². The van der Waals surface area contributed by atoms with Crippen LogP contribution in [-0.2, 0) is 9.59 Å². The smallest absolute Gasteiger partial charge is 0.240 e. The lowest BCUT2D eigenvalue weighted by atomic mass is 9.81. The van der Waals surface area contributed by atoms with Gasteiger partial charge in [-0.15, -0.1) is 0 Å². The van der Waals surface area contributed by atoms with Crippen molar-refractivity contribution in [3.63, 3.8) is 0 Å². The molecule has 0 spiro atoms. The number of carbonyl (C=O) groups excluding carboxylic acids is 2. The number of nitrogens with zero attached hydrogens (tertiary/aromatic N) is 1. The van der Waals surface area contributed by atoms with Crippen molar-refractivity contribution in [2.45, 2.75) is 33.1 Å². The number of benzene rings is 1. The Bertz CT molecular complexity index is 583. The number of halogens is 2. The molecule has 6 heteroatoms. The number of nitrogen functional groups attached to an aromatic ring is 1. The SMILES string of the molecule is CCC1(CC)CC(=O)N(c2c(N)ccc(F)c2F)C1=O. The van der Waals surface area contributed by atoms with Crippen molar-refractivity contribution in [3.8, 4) is 0 Å². The van der Waals surface area contributed by atoms with E-state index in [0.717, 1.165) is 12.1 Å². The molecule has 1 aromatic rings. The zero-order valence-corrected chi connectivity index (χ0v) is 11.4. The third-order valence-electron chi connectivity index (χ3n) is 4.07. The minimum Gasteiger partial charge on any atom is -0.397 e. The summed E-state index contributed by atoms with van der Waals surface area (Å²) >= 11 is 0. The highest BCUT2D eigenvalue weighted by Crippen LogP contribution is 2.43. The van der Waals surface area contributed by atoms with Gasteiger partial charge in [0.25, 0.3) is 0 Å². The van der Waals surface area contributed by atoms with Gasteiger partial charge in [-0.2, -0.15) is 0 Å². The van der Waals surface area contributed by atoms with Gasteiger partial charge in [-0.1, -0.05) is 13.8 Å². The third kappa shape index (κ3) is 1.87. The van der Waals surface area contributed by atoms with Crippen molar-refractivity contribution >= 4 is 23.2 Å². The first-order valence-electron chi connectivity index (χ1n) is 6.48. The average Bonchev–Trinajstić information content (AvgIpc) is 2.68. The maximum atomic E-state index is 13.9. The van der Waals surface area contributed by atoms with Crippen molar-refractivity contribution in [1.82, 2.24) is 0 Å². The van der Waals surface area contributed by atoms with Gasteiger partial charge >= 0.3 is 0 Å². The lowest BCUT2D eigenvalue weighted by Gasteiger charge is -2.24. The molecular weight excluding hydrogens is 266 g/mol. The molecule has 1 aliphatic rings. The van der Waals surface area contributed by atoms with E-state index in [1.807, 2.05) is 0 Å². The number of amides is 2. The van der Waals surface area contributed by atoms with Crippen molar-refractivity contribution in [3.05, 3.63) is 23.8 Å². The second kappa shape index (κ2) is 4.85. The fraction of sp³-hybridized carbons (Fsp3) is 0.429. The normalized spacial score (nSPS) is 17.9. The summed E-state index contributed by atoms with van der Waals surface area (Å²) in [7, 11) is 0. The topological polar surface area (TPSA) is 63.4 Å². The number of rotatable bonds is 3. The summed E-state index contributed by atoms with van der Waals surface area (Å²) in [5.41, 5.74) is 4.17. The first-order chi connectivity index (χ1) is 9.38. The highest BCUT2D eigenvalue weighted by atomic mass is 19.2. The van der Waals surface area contributed by atoms with Crippen LogP contribution < -0.4 is 10.6 Å². The maximum Gasteiger partial charge on any atom is 0.240 e. The van der Waals surface area contributed by atoms with Crippen LogP contribution in [0.3, 0.4) is 0 Å². The van der Waals surface area contributed by atoms with Crippen molar-refractivity contribution < 1.29 is 18.4 Å². The van der Waals surface area contributed by atoms with Crippen LogP contribution in [-0.4, -0.2) is 11.8 Å². The summed E-state index contributed by atoms with van der Waals surface area (Å²) < 4.78 is 27.3. The molecule has 1 heterocycles. The van der Waals surface area contributed by atoms with Crippen LogP contribution in [0.5, 0.6) is 0 Å². The molecule has 1 aromatic carbocycles. The van der Waals surface area contributed by atoms with E-state index in [1.165, 1.54) is 0 Å². The maximum absolute atomic E-state index is 13.9. The van der Waals surface area contributed by atoms with Gasteiger partial charge in [-0.25, -0.2) is 13.7 Å². The van der Waals surface area contributed by atoms with Crippen molar-refractivity contribution in [1.29, 1.82) is 0 Å². The van der Waals surface area contributed by atoms with Crippen LogP contribution in [0.4, 0.5) is 20.2 Å². The van der Waals surface area contributed by atoms with Gasteiger partial charge in [0.2, 0.25) is 11.8 Å². The van der Waals surface area contributed by atoms with E-state index >= 15 is 0 Å². The molecule has 1 fully saturated rings. The van der Waals surface area contributed by atoms with Crippen LogP contribution >= 0.6 is 0 Å². The minimum atomic E-state index is -1.27. The van der Waals surface area contributed by atoms with E-state index in [2.05, 4.69) is 0 Å². The Balaban J connectivity index is 2.57. The Morgan fingerprint density at radius 1 is 1.25 bits per heavy atom. The van der Waals surface area contributed by atoms with Crippen molar-refractivity contribution in [2.75, 3.05) is 10.6 Å². The number of carbonyl (C=O) groups is 2. The summed E-state index contributed by atoms with van der Waals surface area (Å²) in [4.78, 5) is 25.3. The second-order valence-corrected chi connectivity index (χ2v) is 5.00. The molecule has 4 nitrogen and oxygen atoms in total. The lowest BCUT2D eigenvalue weighted by Crippen LogP contribution is -2.36. The molecule has 2 rings (SSSR count). The molecule has 1 aliphatic heterocycles.